The van der Waals surface area contributed by atoms with Crippen LogP contribution in [0, 0.1) is 0 Å². The van der Waals surface area contributed by atoms with Gasteiger partial charge in [0.2, 0.25) is 0 Å². The highest BCUT2D eigenvalue weighted by Crippen LogP contribution is 2.21. The topological polar surface area (TPSA) is 121 Å². The van der Waals surface area contributed by atoms with Crippen LogP contribution in [0.2, 0.25) is 0 Å². The van der Waals surface area contributed by atoms with Crippen molar-refractivity contribution in [3.05, 3.63) is 34.9 Å². The maximum Gasteiger partial charge on any atom is 0.358 e. The van der Waals surface area contributed by atoms with Gasteiger partial charge in [-0.1, -0.05) is 41.5 Å². The number of aromatic amines is 2. The van der Waals surface area contributed by atoms with E-state index in [4.69, 9.17) is 9.84 Å². The Balaban J connectivity index is 0.000000263. The number of rotatable bonds is 3. The number of carbonyl (C=O) groups excluding carboxylic acids is 1. The third kappa shape index (κ3) is 6.02. The molecule has 0 amide bonds. The molecule has 0 aliphatic carbocycles. The van der Waals surface area contributed by atoms with Crippen LogP contribution in [0.15, 0.2) is 12.1 Å². The molecule has 26 heavy (non-hydrogen) atoms. The Morgan fingerprint density at radius 2 is 1.38 bits per heavy atom. The zero-order valence-electron chi connectivity index (χ0n) is 16.4. The summed E-state index contributed by atoms with van der Waals surface area (Å²) in [5.74, 6) is -1.37. The predicted octanol–water partition coefficient (Wildman–Crippen LogP) is 3.29. The molecule has 2 rings (SSSR count). The van der Waals surface area contributed by atoms with Gasteiger partial charge in [-0.05, 0) is 19.1 Å². The lowest BCUT2D eigenvalue weighted by atomic mass is 9.92. The van der Waals surface area contributed by atoms with Crippen molar-refractivity contribution in [2.75, 3.05) is 6.61 Å². The molecule has 0 saturated heterocycles. The molecule has 144 valence electrons. The lowest BCUT2D eigenvalue weighted by Gasteiger charge is -2.14. The standard InChI is InChI=1S/C10H16N2O2.C8H12N2O2/c1-5-14-9(13)7-6-8(12-11-7)10(2,3)4;1-8(2,3)6-4-5(7(11)12)9-10-6/h6H,5H2,1-4H3,(H,11,12);4H,1-3H3,(H,9,10)(H,11,12). The molecule has 2 aromatic rings. The highest BCUT2D eigenvalue weighted by molar-refractivity contribution is 5.87. The predicted molar refractivity (Wildman–Crippen MR) is 97.5 cm³/mol. The molecule has 2 heterocycles. The summed E-state index contributed by atoms with van der Waals surface area (Å²) in [5, 5.41) is 21.7. The summed E-state index contributed by atoms with van der Waals surface area (Å²) < 4.78 is 4.83. The summed E-state index contributed by atoms with van der Waals surface area (Å²) in [7, 11) is 0. The Hall–Kier alpha value is -2.64. The molecule has 0 aliphatic heterocycles. The maximum absolute atomic E-state index is 11.3. The van der Waals surface area contributed by atoms with Gasteiger partial charge in [-0.2, -0.15) is 10.2 Å². The fourth-order valence-corrected chi connectivity index (χ4v) is 1.83. The van der Waals surface area contributed by atoms with E-state index < -0.39 is 5.97 Å². The smallest absolute Gasteiger partial charge is 0.358 e. The average Bonchev–Trinajstić information content (AvgIpc) is 3.17. The van der Waals surface area contributed by atoms with Gasteiger partial charge in [0.25, 0.3) is 0 Å². The second-order valence-corrected chi connectivity index (χ2v) is 7.86. The van der Waals surface area contributed by atoms with E-state index in [-0.39, 0.29) is 22.5 Å². The molecule has 0 radical (unpaired) electrons. The first-order valence-electron chi connectivity index (χ1n) is 8.38. The number of carbonyl (C=O) groups is 2. The van der Waals surface area contributed by atoms with Crippen LogP contribution < -0.4 is 0 Å². The van der Waals surface area contributed by atoms with Crippen molar-refractivity contribution in [3.63, 3.8) is 0 Å². The zero-order chi connectivity index (χ0) is 20.1. The quantitative estimate of drug-likeness (QED) is 0.719. The molecule has 8 nitrogen and oxygen atoms in total. The van der Waals surface area contributed by atoms with Crippen LogP contribution >= 0.6 is 0 Å². The van der Waals surface area contributed by atoms with Crippen LogP contribution in [-0.2, 0) is 15.6 Å². The molecule has 0 aliphatic rings. The number of nitrogens with one attached hydrogen (secondary N) is 2. The molecule has 0 saturated carbocycles. The van der Waals surface area contributed by atoms with Gasteiger partial charge in [0.1, 0.15) is 0 Å². The van der Waals surface area contributed by atoms with E-state index in [0.717, 1.165) is 11.4 Å². The van der Waals surface area contributed by atoms with E-state index in [1.54, 1.807) is 19.1 Å². The van der Waals surface area contributed by atoms with Crippen molar-refractivity contribution in [1.82, 2.24) is 20.4 Å². The number of hydrogen-bond acceptors (Lipinski definition) is 5. The number of aromatic carboxylic acids is 1. The summed E-state index contributed by atoms with van der Waals surface area (Å²) in [6.07, 6.45) is 0. The molecule has 3 N–H and O–H groups in total. The van der Waals surface area contributed by atoms with Crippen LogP contribution in [0.3, 0.4) is 0 Å². The van der Waals surface area contributed by atoms with Gasteiger partial charge >= 0.3 is 11.9 Å². The van der Waals surface area contributed by atoms with Crippen molar-refractivity contribution in [2.45, 2.75) is 59.3 Å². The van der Waals surface area contributed by atoms with Crippen LogP contribution in [0.1, 0.15) is 80.8 Å². The van der Waals surface area contributed by atoms with E-state index in [2.05, 4.69) is 41.2 Å². The van der Waals surface area contributed by atoms with E-state index in [0.29, 0.717) is 12.3 Å². The van der Waals surface area contributed by atoms with Gasteiger partial charge in [0.15, 0.2) is 11.4 Å². The highest BCUT2D eigenvalue weighted by atomic mass is 16.5. The third-order valence-corrected chi connectivity index (χ3v) is 3.48. The summed E-state index contributed by atoms with van der Waals surface area (Å²) >= 11 is 0. The fraction of sp³-hybridized carbons (Fsp3) is 0.556. The Labute approximate surface area is 153 Å². The second kappa shape index (κ2) is 8.16. The van der Waals surface area contributed by atoms with E-state index in [1.165, 1.54) is 0 Å². The lowest BCUT2D eigenvalue weighted by molar-refractivity contribution is 0.0519. The molecule has 0 spiro atoms. The molecular weight excluding hydrogens is 336 g/mol. The molecule has 2 aromatic heterocycles. The first-order valence-corrected chi connectivity index (χ1v) is 8.38. The fourth-order valence-electron chi connectivity index (χ4n) is 1.83. The minimum absolute atomic E-state index is 0.0300. The molecule has 0 unspecified atom stereocenters. The Kier molecular flexibility index (Phi) is 6.72. The Morgan fingerprint density at radius 1 is 0.962 bits per heavy atom. The van der Waals surface area contributed by atoms with E-state index in [1.807, 2.05) is 20.8 Å². The number of ether oxygens (including phenoxy) is 1. The largest absolute Gasteiger partial charge is 0.476 e. The van der Waals surface area contributed by atoms with Crippen molar-refractivity contribution in [2.24, 2.45) is 0 Å². The first kappa shape index (κ1) is 21.4. The molecule has 0 bridgehead atoms. The van der Waals surface area contributed by atoms with Gasteiger partial charge in [0, 0.05) is 22.2 Å². The van der Waals surface area contributed by atoms with E-state index >= 15 is 0 Å². The third-order valence-electron chi connectivity index (χ3n) is 3.48. The van der Waals surface area contributed by atoms with Gasteiger partial charge in [-0.25, -0.2) is 9.59 Å². The van der Waals surface area contributed by atoms with Crippen LogP contribution in [0.25, 0.3) is 0 Å². The van der Waals surface area contributed by atoms with Crippen molar-refractivity contribution in [3.8, 4) is 0 Å². The number of H-pyrrole nitrogens is 2. The van der Waals surface area contributed by atoms with Gasteiger partial charge < -0.3 is 9.84 Å². The first-order chi connectivity index (χ1) is 11.9. The number of hydrogen-bond donors (Lipinski definition) is 3. The number of esters is 1. The van der Waals surface area contributed by atoms with Crippen molar-refractivity contribution < 1.29 is 19.4 Å². The Morgan fingerprint density at radius 3 is 1.69 bits per heavy atom. The molecule has 0 fully saturated rings. The Bertz CT molecular complexity index is 748. The lowest BCUT2D eigenvalue weighted by Crippen LogP contribution is -2.11. The van der Waals surface area contributed by atoms with Crippen molar-refractivity contribution in [1.29, 1.82) is 0 Å². The van der Waals surface area contributed by atoms with E-state index in [9.17, 15) is 9.59 Å². The van der Waals surface area contributed by atoms with Crippen LogP contribution in [0.4, 0.5) is 0 Å². The minimum Gasteiger partial charge on any atom is -0.476 e. The zero-order valence-corrected chi connectivity index (χ0v) is 16.4. The second-order valence-electron chi connectivity index (χ2n) is 7.86. The summed E-state index contributed by atoms with van der Waals surface area (Å²) in [6, 6.07) is 3.29. The number of nitrogens with zero attached hydrogens (tertiary/aromatic N) is 2. The average molecular weight is 364 g/mol. The molecular formula is C18H28N4O4. The summed E-state index contributed by atoms with van der Waals surface area (Å²) in [4.78, 5) is 21.7. The normalized spacial score (nSPS) is 11.5. The monoisotopic (exact) mass is 364 g/mol. The maximum atomic E-state index is 11.3. The SMILES string of the molecule is CC(C)(C)c1cc(C(=O)O)n[nH]1.CCOC(=O)c1cc(C(C)(C)C)[nH]n1. The van der Waals surface area contributed by atoms with Gasteiger partial charge in [0.05, 0.1) is 6.61 Å². The molecule has 0 aromatic carbocycles. The molecule has 0 atom stereocenters. The van der Waals surface area contributed by atoms with Gasteiger partial charge in [-0.3, -0.25) is 10.2 Å². The highest BCUT2D eigenvalue weighted by Gasteiger charge is 2.20. The number of aromatic nitrogens is 4. The minimum atomic E-state index is -0.998. The summed E-state index contributed by atoms with van der Waals surface area (Å²) in [6.45, 7) is 14.3. The molecule has 8 heteroatoms. The van der Waals surface area contributed by atoms with Crippen LogP contribution in [-0.4, -0.2) is 44.0 Å². The number of carboxylic acids is 1. The van der Waals surface area contributed by atoms with Gasteiger partial charge in [-0.15, -0.1) is 0 Å². The van der Waals surface area contributed by atoms with Crippen LogP contribution in [0.5, 0.6) is 0 Å². The summed E-state index contributed by atoms with van der Waals surface area (Å²) in [5.41, 5.74) is 2.07. The number of carboxylic acid groups (broad SMARTS) is 1. The van der Waals surface area contributed by atoms with Crippen molar-refractivity contribution >= 4 is 11.9 Å².